The van der Waals surface area contributed by atoms with Crippen molar-refractivity contribution in [2.75, 3.05) is 0 Å². The van der Waals surface area contributed by atoms with Crippen molar-refractivity contribution in [2.24, 2.45) is 0 Å². The largest absolute Gasteiger partial charge is 0.345 e. The van der Waals surface area contributed by atoms with Crippen molar-refractivity contribution in [1.82, 2.24) is 9.47 Å². The van der Waals surface area contributed by atoms with Crippen molar-refractivity contribution in [3.05, 3.63) is 105 Å². The molecule has 6 nitrogen and oxygen atoms in total. The first-order valence-corrected chi connectivity index (χ1v) is 10.3. The molecule has 31 heavy (non-hydrogen) atoms. The molecule has 0 radical (unpaired) electrons. The number of rotatable bonds is 8. The predicted octanol–water partition coefficient (Wildman–Crippen LogP) is 5.20. The molecule has 2 aromatic carbocycles. The lowest BCUT2D eigenvalue weighted by molar-refractivity contribution is -0.384. The van der Waals surface area contributed by atoms with Gasteiger partial charge in [0.15, 0.2) is 0 Å². The van der Waals surface area contributed by atoms with Crippen LogP contribution in [0.1, 0.15) is 36.2 Å². The third-order valence-electron chi connectivity index (χ3n) is 5.12. The molecule has 0 spiro atoms. The zero-order valence-electron chi connectivity index (χ0n) is 18.1. The molecule has 0 aliphatic heterocycles. The molecule has 0 aliphatic carbocycles. The van der Waals surface area contributed by atoms with E-state index < -0.39 is 4.92 Å². The zero-order chi connectivity index (χ0) is 22.4. The van der Waals surface area contributed by atoms with Gasteiger partial charge in [0.1, 0.15) is 0 Å². The van der Waals surface area contributed by atoms with Crippen molar-refractivity contribution < 1.29 is 9.72 Å². The molecule has 0 bridgehead atoms. The first-order chi connectivity index (χ1) is 14.8. The van der Waals surface area contributed by atoms with Gasteiger partial charge in [0.05, 0.1) is 11.5 Å². The van der Waals surface area contributed by atoms with E-state index in [-0.39, 0.29) is 17.6 Å². The van der Waals surface area contributed by atoms with Crippen LogP contribution in [-0.2, 0) is 17.9 Å². The normalized spacial score (nSPS) is 11.2. The van der Waals surface area contributed by atoms with Crippen LogP contribution in [-0.4, -0.2) is 26.3 Å². The van der Waals surface area contributed by atoms with E-state index in [0.29, 0.717) is 6.54 Å². The maximum absolute atomic E-state index is 12.9. The number of non-ortho nitro benzene ring substituents is 1. The Morgan fingerprint density at radius 3 is 2.52 bits per heavy atom. The molecular weight excluding hydrogens is 390 g/mol. The Morgan fingerprint density at radius 2 is 1.87 bits per heavy atom. The van der Waals surface area contributed by atoms with Gasteiger partial charge < -0.3 is 9.47 Å². The number of aryl methyl sites for hydroxylation is 1. The molecule has 0 fully saturated rings. The Bertz CT molecular complexity index is 1080. The number of carbonyl (C=O) groups excluding carboxylic acids is 1. The van der Waals surface area contributed by atoms with E-state index in [4.69, 9.17) is 0 Å². The van der Waals surface area contributed by atoms with Crippen molar-refractivity contribution in [1.29, 1.82) is 0 Å². The van der Waals surface area contributed by atoms with Gasteiger partial charge in [-0.1, -0.05) is 29.8 Å². The van der Waals surface area contributed by atoms with Gasteiger partial charge in [0.25, 0.3) is 5.69 Å². The number of aromatic nitrogens is 1. The van der Waals surface area contributed by atoms with Crippen LogP contribution in [0.25, 0.3) is 6.08 Å². The van der Waals surface area contributed by atoms with Crippen LogP contribution in [0.3, 0.4) is 0 Å². The highest BCUT2D eigenvalue weighted by Crippen LogP contribution is 2.16. The van der Waals surface area contributed by atoms with E-state index in [9.17, 15) is 14.9 Å². The number of nitro benzene ring substituents is 1. The van der Waals surface area contributed by atoms with Crippen molar-refractivity contribution >= 4 is 17.7 Å². The van der Waals surface area contributed by atoms with Crippen LogP contribution in [0.2, 0.25) is 0 Å². The van der Waals surface area contributed by atoms with Gasteiger partial charge in [0.2, 0.25) is 5.91 Å². The minimum Gasteiger partial charge on any atom is -0.345 e. The van der Waals surface area contributed by atoms with Crippen molar-refractivity contribution in [2.45, 2.75) is 39.9 Å². The van der Waals surface area contributed by atoms with Gasteiger partial charge >= 0.3 is 0 Å². The fourth-order valence-corrected chi connectivity index (χ4v) is 3.41. The van der Waals surface area contributed by atoms with Gasteiger partial charge in [-0.25, -0.2) is 0 Å². The summed E-state index contributed by atoms with van der Waals surface area (Å²) in [5, 5.41) is 10.8. The number of carbonyl (C=O) groups is 1. The van der Waals surface area contributed by atoms with Crippen molar-refractivity contribution in [3.63, 3.8) is 0 Å². The number of amides is 1. The second-order valence-electron chi connectivity index (χ2n) is 7.86. The van der Waals surface area contributed by atoms with Crippen LogP contribution in [0.4, 0.5) is 5.69 Å². The monoisotopic (exact) mass is 417 g/mol. The van der Waals surface area contributed by atoms with Gasteiger partial charge in [-0.2, -0.15) is 0 Å². The smallest absolute Gasteiger partial charge is 0.269 e. The minimum atomic E-state index is -0.439. The lowest BCUT2D eigenvalue weighted by atomic mass is 10.1. The van der Waals surface area contributed by atoms with Crippen LogP contribution in [0, 0.1) is 17.0 Å². The zero-order valence-corrected chi connectivity index (χ0v) is 18.1. The summed E-state index contributed by atoms with van der Waals surface area (Å²) in [6.45, 7) is 7.32. The third kappa shape index (κ3) is 5.92. The Labute approximate surface area is 182 Å². The minimum absolute atomic E-state index is 0.0244. The van der Waals surface area contributed by atoms with E-state index in [1.165, 1.54) is 29.3 Å². The summed E-state index contributed by atoms with van der Waals surface area (Å²) in [5.41, 5.74) is 4.28. The predicted molar refractivity (Wildman–Crippen MR) is 123 cm³/mol. The summed E-state index contributed by atoms with van der Waals surface area (Å²) >= 11 is 0. The molecule has 1 heterocycles. The average Bonchev–Trinajstić information content (AvgIpc) is 3.17. The van der Waals surface area contributed by atoms with Crippen LogP contribution in [0.5, 0.6) is 0 Å². The molecule has 3 aromatic rings. The van der Waals surface area contributed by atoms with E-state index in [2.05, 4.69) is 35.8 Å². The molecule has 0 saturated heterocycles. The Balaban J connectivity index is 1.72. The van der Waals surface area contributed by atoms with Crippen molar-refractivity contribution in [3.8, 4) is 0 Å². The molecule has 6 heteroatoms. The van der Waals surface area contributed by atoms with E-state index in [0.717, 1.165) is 17.8 Å². The average molecular weight is 418 g/mol. The maximum Gasteiger partial charge on any atom is 0.269 e. The third-order valence-corrected chi connectivity index (χ3v) is 5.12. The lowest BCUT2D eigenvalue weighted by Gasteiger charge is -2.26. The topological polar surface area (TPSA) is 68.4 Å². The standard InChI is InChI=1S/C25H27N3O3/c1-19(2)27(25(29)14-11-21-9-12-23(13-10-21)28(30)31)18-24-8-5-15-26(24)17-22-7-4-6-20(3)16-22/h4-16,19H,17-18H2,1-3H3. The van der Waals surface area contributed by atoms with E-state index in [1.54, 1.807) is 18.2 Å². The molecule has 0 saturated carbocycles. The Morgan fingerprint density at radius 1 is 1.13 bits per heavy atom. The second kappa shape index (κ2) is 9.89. The molecule has 0 atom stereocenters. The summed E-state index contributed by atoms with van der Waals surface area (Å²) < 4.78 is 2.16. The Kier molecular flexibility index (Phi) is 7.03. The molecule has 160 valence electrons. The summed E-state index contributed by atoms with van der Waals surface area (Å²) in [5.74, 6) is -0.100. The number of hydrogen-bond donors (Lipinski definition) is 0. The van der Waals surface area contributed by atoms with Gasteiger partial charge in [-0.3, -0.25) is 14.9 Å². The summed E-state index contributed by atoms with van der Waals surface area (Å²) in [6, 6.07) is 18.6. The van der Waals surface area contributed by atoms with Crippen LogP contribution >= 0.6 is 0 Å². The summed E-state index contributed by atoms with van der Waals surface area (Å²) in [4.78, 5) is 25.0. The SMILES string of the molecule is Cc1cccc(Cn2cccc2CN(C(=O)C=Cc2ccc([N+](=O)[O-])cc2)C(C)C)c1. The maximum atomic E-state index is 12.9. The summed E-state index contributed by atoms with van der Waals surface area (Å²) in [6.07, 6.45) is 5.25. The van der Waals surface area contributed by atoms with Gasteiger partial charge in [0, 0.05) is 42.7 Å². The van der Waals surface area contributed by atoms with E-state index >= 15 is 0 Å². The fraction of sp³-hybridized carbons (Fsp3) is 0.240. The second-order valence-corrected chi connectivity index (χ2v) is 7.86. The Hall–Kier alpha value is -3.67. The highest BCUT2D eigenvalue weighted by Gasteiger charge is 2.17. The van der Waals surface area contributed by atoms with E-state index in [1.807, 2.05) is 37.1 Å². The molecule has 1 amide bonds. The number of nitro groups is 1. The first kappa shape index (κ1) is 22.0. The lowest BCUT2D eigenvalue weighted by Crippen LogP contribution is -2.35. The molecule has 0 N–H and O–H groups in total. The first-order valence-electron chi connectivity index (χ1n) is 10.3. The molecule has 0 aliphatic rings. The highest BCUT2D eigenvalue weighted by molar-refractivity contribution is 5.92. The van der Waals surface area contributed by atoms with Crippen LogP contribution < -0.4 is 0 Å². The number of benzene rings is 2. The molecule has 0 unspecified atom stereocenters. The molecule has 1 aromatic heterocycles. The molecule has 3 rings (SSSR count). The number of nitrogens with zero attached hydrogens (tertiary/aromatic N) is 3. The number of hydrogen-bond acceptors (Lipinski definition) is 3. The fourth-order valence-electron chi connectivity index (χ4n) is 3.41. The quantitative estimate of drug-likeness (QED) is 0.287. The van der Waals surface area contributed by atoms with Gasteiger partial charge in [-0.15, -0.1) is 0 Å². The molecular formula is C25H27N3O3. The van der Waals surface area contributed by atoms with Gasteiger partial charge in [-0.05, 0) is 62.2 Å². The highest BCUT2D eigenvalue weighted by atomic mass is 16.6. The van der Waals surface area contributed by atoms with Crippen LogP contribution in [0.15, 0.2) is 72.9 Å². The summed E-state index contributed by atoms with van der Waals surface area (Å²) in [7, 11) is 0.